The molecule has 1 aliphatic heterocycles. The zero-order valence-electron chi connectivity index (χ0n) is 18.8. The van der Waals surface area contributed by atoms with Gasteiger partial charge in [-0.3, -0.25) is 4.79 Å². The standard InChI is InChI=1S/C26H26N2O4S/c1-30-21-13-16(14-22(31-2)26(21)32-3)15-11-19-24(20(29)12-15)25(23-9-6-10-33-23)28-18-8-5-4-7-17(18)27-19/h4-10,13-15,25,27-28H,11-12H2,1-3H3. The predicted octanol–water partition coefficient (Wildman–Crippen LogP) is 5.75. The summed E-state index contributed by atoms with van der Waals surface area (Å²) in [7, 11) is 4.80. The Balaban J connectivity index is 1.58. The number of ether oxygens (including phenoxy) is 3. The normalized spacial score (nSPS) is 19.5. The first-order chi connectivity index (χ1) is 16.1. The van der Waals surface area contributed by atoms with Crippen LogP contribution < -0.4 is 24.8 Å². The largest absolute Gasteiger partial charge is 0.493 e. The molecule has 0 bridgehead atoms. The number of hydrogen-bond acceptors (Lipinski definition) is 7. The lowest BCUT2D eigenvalue weighted by atomic mass is 9.79. The van der Waals surface area contributed by atoms with Gasteiger partial charge in [-0.1, -0.05) is 18.2 Å². The first-order valence-corrected chi connectivity index (χ1v) is 11.7. The third-order valence-corrected chi connectivity index (χ3v) is 7.23. The molecule has 0 amide bonds. The number of thiophene rings is 1. The second-order valence-corrected chi connectivity index (χ2v) is 9.12. The lowest BCUT2D eigenvalue weighted by Crippen LogP contribution is -2.26. The van der Waals surface area contributed by atoms with E-state index in [1.54, 1.807) is 32.7 Å². The molecule has 2 aliphatic rings. The Labute approximate surface area is 197 Å². The Bertz CT molecular complexity index is 1190. The van der Waals surface area contributed by atoms with E-state index in [1.165, 1.54) is 0 Å². The highest BCUT2D eigenvalue weighted by molar-refractivity contribution is 7.10. The Hall–Kier alpha value is -3.45. The molecule has 0 fully saturated rings. The number of hydrogen-bond donors (Lipinski definition) is 2. The number of carbonyl (C=O) groups excluding carboxylic acids is 1. The van der Waals surface area contributed by atoms with E-state index in [0.717, 1.165) is 33.1 Å². The zero-order chi connectivity index (χ0) is 22.9. The van der Waals surface area contributed by atoms with Gasteiger partial charge in [0.25, 0.3) is 0 Å². The van der Waals surface area contributed by atoms with Crippen LogP contribution in [0.4, 0.5) is 11.4 Å². The van der Waals surface area contributed by atoms with Crippen LogP contribution in [0.2, 0.25) is 0 Å². The first-order valence-electron chi connectivity index (χ1n) is 10.8. The molecule has 2 heterocycles. The van der Waals surface area contributed by atoms with Gasteiger partial charge in [0.1, 0.15) is 0 Å². The summed E-state index contributed by atoms with van der Waals surface area (Å²) in [6.45, 7) is 0. The maximum absolute atomic E-state index is 13.6. The fourth-order valence-corrected chi connectivity index (χ4v) is 5.52. The van der Waals surface area contributed by atoms with Gasteiger partial charge in [-0.25, -0.2) is 0 Å². The fraction of sp³-hybridized carbons (Fsp3) is 0.269. The molecule has 2 N–H and O–H groups in total. The quantitative estimate of drug-likeness (QED) is 0.503. The molecule has 0 radical (unpaired) electrons. The molecular weight excluding hydrogens is 436 g/mol. The molecule has 0 saturated heterocycles. The van der Waals surface area contributed by atoms with Crippen molar-refractivity contribution in [2.45, 2.75) is 24.8 Å². The van der Waals surface area contributed by atoms with Gasteiger partial charge in [0.05, 0.1) is 38.7 Å². The molecule has 5 rings (SSSR count). The van der Waals surface area contributed by atoms with E-state index in [2.05, 4.69) is 16.7 Å². The maximum Gasteiger partial charge on any atom is 0.203 e. The number of fused-ring (bicyclic) bond motifs is 1. The molecule has 6 nitrogen and oxygen atoms in total. The van der Waals surface area contributed by atoms with Crippen LogP contribution in [-0.2, 0) is 4.79 Å². The van der Waals surface area contributed by atoms with Crippen LogP contribution in [0.25, 0.3) is 0 Å². The van der Waals surface area contributed by atoms with Crippen molar-refractivity contribution in [2.24, 2.45) is 0 Å². The molecule has 2 unspecified atom stereocenters. The number of methoxy groups -OCH3 is 3. The number of carbonyl (C=O) groups is 1. The summed E-state index contributed by atoms with van der Waals surface area (Å²) in [6.07, 6.45) is 1.12. The number of nitrogens with one attached hydrogen (secondary N) is 2. The van der Waals surface area contributed by atoms with Crippen molar-refractivity contribution < 1.29 is 19.0 Å². The van der Waals surface area contributed by atoms with Gasteiger partial charge in [-0.05, 0) is 53.6 Å². The van der Waals surface area contributed by atoms with Crippen molar-refractivity contribution in [3.05, 3.63) is 75.6 Å². The second-order valence-electron chi connectivity index (χ2n) is 8.14. The Morgan fingerprint density at radius 2 is 1.64 bits per heavy atom. The molecule has 33 heavy (non-hydrogen) atoms. The minimum Gasteiger partial charge on any atom is -0.493 e. The van der Waals surface area contributed by atoms with Crippen molar-refractivity contribution in [3.63, 3.8) is 0 Å². The van der Waals surface area contributed by atoms with Crippen molar-refractivity contribution in [3.8, 4) is 17.2 Å². The number of allylic oxidation sites excluding steroid dienone is 1. The number of benzene rings is 2. The fourth-order valence-electron chi connectivity index (χ4n) is 4.73. The lowest BCUT2D eigenvalue weighted by Gasteiger charge is -2.30. The first kappa shape index (κ1) is 21.4. The minimum atomic E-state index is -0.176. The van der Waals surface area contributed by atoms with Crippen LogP contribution >= 0.6 is 11.3 Å². The van der Waals surface area contributed by atoms with Crippen LogP contribution in [-0.4, -0.2) is 27.1 Å². The summed E-state index contributed by atoms with van der Waals surface area (Å²) in [4.78, 5) is 14.8. The predicted molar refractivity (Wildman–Crippen MR) is 131 cm³/mol. The summed E-state index contributed by atoms with van der Waals surface area (Å²) in [5.74, 6) is 1.87. The minimum absolute atomic E-state index is 0.00768. The molecule has 0 spiro atoms. The van der Waals surface area contributed by atoms with E-state index in [1.807, 2.05) is 47.8 Å². The third-order valence-electron chi connectivity index (χ3n) is 6.30. The zero-order valence-corrected chi connectivity index (χ0v) is 19.6. The van der Waals surface area contributed by atoms with Gasteiger partial charge in [-0.2, -0.15) is 0 Å². The number of rotatable bonds is 5. The van der Waals surface area contributed by atoms with E-state index in [9.17, 15) is 4.79 Å². The van der Waals surface area contributed by atoms with Gasteiger partial charge >= 0.3 is 0 Å². The van der Waals surface area contributed by atoms with Gasteiger partial charge < -0.3 is 24.8 Å². The molecule has 2 atom stereocenters. The van der Waals surface area contributed by atoms with Crippen LogP contribution in [0, 0.1) is 0 Å². The van der Waals surface area contributed by atoms with Crippen molar-refractivity contribution in [1.82, 2.24) is 0 Å². The van der Waals surface area contributed by atoms with Gasteiger partial charge in [-0.15, -0.1) is 11.3 Å². The van der Waals surface area contributed by atoms with Crippen LogP contribution in [0.5, 0.6) is 17.2 Å². The second kappa shape index (κ2) is 8.83. The Morgan fingerprint density at radius 3 is 2.27 bits per heavy atom. The van der Waals surface area contributed by atoms with Crippen LogP contribution in [0.1, 0.15) is 35.2 Å². The van der Waals surface area contributed by atoms with E-state index in [-0.39, 0.29) is 17.7 Å². The number of Topliss-reactive ketones (excluding diaryl/α,β-unsaturated/α-hetero) is 1. The topological polar surface area (TPSA) is 68.8 Å². The van der Waals surface area contributed by atoms with Gasteiger partial charge in [0.2, 0.25) is 5.75 Å². The molecule has 1 aromatic heterocycles. The van der Waals surface area contributed by atoms with Crippen LogP contribution in [0.3, 0.4) is 0 Å². The average molecular weight is 463 g/mol. The molecule has 0 saturated carbocycles. The molecule has 3 aromatic rings. The Kier molecular flexibility index (Phi) is 5.72. The van der Waals surface area contributed by atoms with Crippen molar-refractivity contribution >= 4 is 28.5 Å². The molecule has 7 heteroatoms. The van der Waals surface area contributed by atoms with Crippen molar-refractivity contribution in [1.29, 1.82) is 0 Å². The molecule has 1 aliphatic carbocycles. The summed E-state index contributed by atoms with van der Waals surface area (Å²) < 4.78 is 16.6. The highest BCUT2D eigenvalue weighted by Crippen LogP contribution is 2.47. The van der Waals surface area contributed by atoms with Crippen molar-refractivity contribution in [2.75, 3.05) is 32.0 Å². The number of para-hydroxylation sites is 2. The van der Waals surface area contributed by atoms with Gasteiger partial charge in [0, 0.05) is 22.6 Å². The smallest absolute Gasteiger partial charge is 0.203 e. The third kappa shape index (κ3) is 3.82. The Morgan fingerprint density at radius 1 is 0.909 bits per heavy atom. The van der Waals surface area contributed by atoms with Gasteiger partial charge in [0.15, 0.2) is 17.3 Å². The number of ketones is 1. The maximum atomic E-state index is 13.6. The van der Waals surface area contributed by atoms with E-state index in [4.69, 9.17) is 14.2 Å². The SMILES string of the molecule is COc1cc(C2CC(=O)C3=C(C2)Nc2ccccc2NC3c2cccs2)cc(OC)c1OC. The van der Waals surface area contributed by atoms with Crippen LogP contribution in [0.15, 0.2) is 65.2 Å². The summed E-state index contributed by atoms with van der Waals surface area (Å²) in [5, 5.41) is 9.24. The molecule has 2 aromatic carbocycles. The van der Waals surface area contributed by atoms with E-state index >= 15 is 0 Å². The lowest BCUT2D eigenvalue weighted by molar-refractivity contribution is -0.116. The summed E-state index contributed by atoms with van der Waals surface area (Å²) in [5.41, 5.74) is 4.73. The summed E-state index contributed by atoms with van der Waals surface area (Å²) in [6, 6.07) is 15.9. The number of anilines is 2. The monoisotopic (exact) mass is 462 g/mol. The molecule has 170 valence electrons. The van der Waals surface area contributed by atoms with E-state index < -0.39 is 0 Å². The van der Waals surface area contributed by atoms with E-state index in [0.29, 0.717) is 30.1 Å². The summed E-state index contributed by atoms with van der Waals surface area (Å²) >= 11 is 1.66. The molecular formula is C26H26N2O4S. The average Bonchev–Trinajstić information content (AvgIpc) is 3.31. The highest BCUT2D eigenvalue weighted by atomic mass is 32.1. The highest BCUT2D eigenvalue weighted by Gasteiger charge is 2.37.